The van der Waals surface area contributed by atoms with E-state index in [0.29, 0.717) is 6.61 Å². The second-order valence-electron chi connectivity index (χ2n) is 3.25. The molecule has 2 rings (SSSR count). The van der Waals surface area contributed by atoms with Crippen LogP contribution in [0.5, 0.6) is 0 Å². The van der Waals surface area contributed by atoms with Gasteiger partial charge in [-0.25, -0.2) is 5.06 Å². The van der Waals surface area contributed by atoms with E-state index >= 15 is 0 Å². The van der Waals surface area contributed by atoms with Crippen LogP contribution in [-0.2, 0) is 4.84 Å². The quantitative estimate of drug-likeness (QED) is 0.544. The van der Waals surface area contributed by atoms with Crippen LogP contribution in [0.2, 0.25) is 0 Å². The zero-order valence-corrected chi connectivity index (χ0v) is 7.81. The molecule has 1 aromatic rings. The van der Waals surface area contributed by atoms with Crippen LogP contribution in [0.25, 0.3) is 0 Å². The van der Waals surface area contributed by atoms with Crippen LogP contribution < -0.4 is 10.8 Å². The first-order valence-electron chi connectivity index (χ1n) is 4.60. The topological polar surface area (TPSA) is 62.3 Å². The molecule has 0 amide bonds. The van der Waals surface area contributed by atoms with Gasteiger partial charge in [0.2, 0.25) is 0 Å². The second kappa shape index (κ2) is 3.67. The van der Waals surface area contributed by atoms with Crippen LogP contribution in [0.4, 0.5) is 5.69 Å². The number of nitrogens with one attached hydrogen (secondary N) is 1. The summed E-state index contributed by atoms with van der Waals surface area (Å²) in [6, 6.07) is 9.60. The maximum atomic E-state index is 7.43. The third kappa shape index (κ3) is 1.56. The number of nitrogens with zero attached hydrogens (tertiary/aromatic N) is 1. The Morgan fingerprint density at radius 3 is 2.79 bits per heavy atom. The molecule has 0 saturated carbocycles. The predicted octanol–water partition coefficient (Wildman–Crippen LogP) is 1.13. The summed E-state index contributed by atoms with van der Waals surface area (Å²) >= 11 is 0. The Morgan fingerprint density at radius 2 is 2.14 bits per heavy atom. The minimum atomic E-state index is -0.114. The molecule has 0 aliphatic carbocycles. The molecule has 74 valence electrons. The maximum Gasteiger partial charge on any atom is 0.116 e. The second-order valence-corrected chi connectivity index (χ2v) is 3.25. The van der Waals surface area contributed by atoms with Crippen molar-refractivity contribution in [3.8, 4) is 0 Å². The summed E-state index contributed by atoms with van der Waals surface area (Å²) in [4.78, 5) is 5.43. The molecular weight excluding hydrogens is 178 g/mol. The van der Waals surface area contributed by atoms with Gasteiger partial charge in [0.15, 0.2) is 0 Å². The molecule has 4 heteroatoms. The number of rotatable bonds is 2. The number of hydroxylamine groups is 1. The summed E-state index contributed by atoms with van der Waals surface area (Å²) in [6.45, 7) is 0.624. The lowest BCUT2D eigenvalue weighted by molar-refractivity contribution is 0.164. The molecule has 1 aromatic carbocycles. The summed E-state index contributed by atoms with van der Waals surface area (Å²) in [6.07, 6.45) is 0.782. The molecule has 1 heterocycles. The highest BCUT2D eigenvalue weighted by molar-refractivity contribution is 5.86. The molecule has 1 aliphatic rings. The van der Waals surface area contributed by atoms with E-state index in [9.17, 15) is 0 Å². The van der Waals surface area contributed by atoms with Crippen molar-refractivity contribution in [2.24, 2.45) is 5.73 Å². The number of hydrogen-bond donors (Lipinski definition) is 2. The molecule has 0 radical (unpaired) electrons. The van der Waals surface area contributed by atoms with Gasteiger partial charge >= 0.3 is 0 Å². The van der Waals surface area contributed by atoms with Gasteiger partial charge < -0.3 is 5.73 Å². The molecule has 14 heavy (non-hydrogen) atoms. The van der Waals surface area contributed by atoms with Crippen molar-refractivity contribution in [1.82, 2.24) is 0 Å². The Hall–Kier alpha value is -1.55. The van der Waals surface area contributed by atoms with Gasteiger partial charge in [0, 0.05) is 6.42 Å². The average Bonchev–Trinajstić information content (AvgIpc) is 2.67. The fraction of sp³-hybridized carbons (Fsp3) is 0.300. The number of benzene rings is 1. The van der Waals surface area contributed by atoms with E-state index in [1.54, 1.807) is 5.06 Å². The molecule has 1 fully saturated rings. The highest BCUT2D eigenvalue weighted by atomic mass is 16.7. The normalized spacial score (nSPS) is 21.1. The average molecular weight is 191 g/mol. The fourth-order valence-corrected chi connectivity index (χ4v) is 1.58. The van der Waals surface area contributed by atoms with E-state index in [-0.39, 0.29) is 11.9 Å². The van der Waals surface area contributed by atoms with E-state index in [2.05, 4.69) is 0 Å². The van der Waals surface area contributed by atoms with Gasteiger partial charge in [-0.05, 0) is 12.1 Å². The van der Waals surface area contributed by atoms with E-state index in [0.717, 1.165) is 12.1 Å². The Kier molecular flexibility index (Phi) is 2.37. The highest BCUT2D eigenvalue weighted by Gasteiger charge is 2.28. The molecule has 1 unspecified atom stereocenters. The number of amidine groups is 1. The Balaban J connectivity index is 2.22. The van der Waals surface area contributed by atoms with Crippen LogP contribution in [0.15, 0.2) is 30.3 Å². The zero-order valence-electron chi connectivity index (χ0n) is 7.81. The van der Waals surface area contributed by atoms with Crippen molar-refractivity contribution in [2.75, 3.05) is 11.7 Å². The van der Waals surface area contributed by atoms with Crippen molar-refractivity contribution in [2.45, 2.75) is 12.5 Å². The standard InChI is InChI=1S/C10H13N3O/c11-10(12)9-6-7-14-13(9)8-4-2-1-3-5-8/h1-5,9H,6-7H2,(H3,11,12). The molecule has 1 aliphatic heterocycles. The van der Waals surface area contributed by atoms with E-state index in [1.165, 1.54) is 0 Å². The molecule has 1 saturated heterocycles. The molecule has 3 N–H and O–H groups in total. The first-order valence-corrected chi connectivity index (χ1v) is 4.60. The Morgan fingerprint density at radius 1 is 1.43 bits per heavy atom. The minimum absolute atomic E-state index is 0.114. The van der Waals surface area contributed by atoms with Gasteiger partial charge in [-0.15, -0.1) is 0 Å². The van der Waals surface area contributed by atoms with Gasteiger partial charge in [0.05, 0.1) is 12.3 Å². The zero-order chi connectivity index (χ0) is 9.97. The molecule has 4 nitrogen and oxygen atoms in total. The molecule has 0 aromatic heterocycles. The summed E-state index contributed by atoms with van der Waals surface area (Å²) in [5, 5.41) is 9.14. The van der Waals surface area contributed by atoms with Gasteiger partial charge in [-0.3, -0.25) is 10.2 Å². The number of para-hydroxylation sites is 1. The Labute approximate surface area is 82.7 Å². The molecule has 0 spiro atoms. The smallest absolute Gasteiger partial charge is 0.116 e. The van der Waals surface area contributed by atoms with Crippen molar-refractivity contribution in [1.29, 1.82) is 5.41 Å². The lowest BCUT2D eigenvalue weighted by Crippen LogP contribution is -2.39. The first-order chi connectivity index (χ1) is 6.79. The number of hydrogen-bond acceptors (Lipinski definition) is 3. The van der Waals surface area contributed by atoms with Crippen LogP contribution in [0.3, 0.4) is 0 Å². The van der Waals surface area contributed by atoms with E-state index in [4.69, 9.17) is 16.0 Å². The summed E-state index contributed by atoms with van der Waals surface area (Å²) in [5.41, 5.74) is 6.44. The molecule has 1 atom stereocenters. The van der Waals surface area contributed by atoms with Crippen molar-refractivity contribution in [3.05, 3.63) is 30.3 Å². The third-order valence-electron chi connectivity index (χ3n) is 2.27. The van der Waals surface area contributed by atoms with Gasteiger partial charge in [-0.2, -0.15) is 0 Å². The highest BCUT2D eigenvalue weighted by Crippen LogP contribution is 2.23. The van der Waals surface area contributed by atoms with E-state index < -0.39 is 0 Å². The van der Waals surface area contributed by atoms with Crippen LogP contribution in [-0.4, -0.2) is 18.5 Å². The van der Waals surface area contributed by atoms with Crippen LogP contribution >= 0.6 is 0 Å². The van der Waals surface area contributed by atoms with Crippen LogP contribution in [0.1, 0.15) is 6.42 Å². The lowest BCUT2D eigenvalue weighted by atomic mass is 10.2. The van der Waals surface area contributed by atoms with Gasteiger partial charge in [0.1, 0.15) is 11.9 Å². The SMILES string of the molecule is N=C(N)C1CCON1c1ccccc1. The third-order valence-corrected chi connectivity index (χ3v) is 2.27. The maximum absolute atomic E-state index is 7.43. The number of nitrogens with two attached hydrogens (primary N) is 1. The summed E-state index contributed by atoms with van der Waals surface area (Å²) in [7, 11) is 0. The van der Waals surface area contributed by atoms with Gasteiger partial charge in [0.25, 0.3) is 0 Å². The fourth-order valence-electron chi connectivity index (χ4n) is 1.58. The lowest BCUT2D eigenvalue weighted by Gasteiger charge is -2.23. The number of anilines is 1. The molecular formula is C10H13N3O. The van der Waals surface area contributed by atoms with Crippen molar-refractivity contribution < 1.29 is 4.84 Å². The van der Waals surface area contributed by atoms with Crippen molar-refractivity contribution in [3.63, 3.8) is 0 Å². The molecule has 0 bridgehead atoms. The minimum Gasteiger partial charge on any atom is -0.386 e. The largest absolute Gasteiger partial charge is 0.386 e. The summed E-state index contributed by atoms with van der Waals surface area (Å²) in [5.74, 6) is 0.159. The van der Waals surface area contributed by atoms with Gasteiger partial charge in [-0.1, -0.05) is 18.2 Å². The van der Waals surface area contributed by atoms with E-state index in [1.807, 2.05) is 30.3 Å². The monoisotopic (exact) mass is 191 g/mol. The van der Waals surface area contributed by atoms with Crippen LogP contribution in [0, 0.1) is 5.41 Å². The first kappa shape index (κ1) is 9.02. The predicted molar refractivity (Wildman–Crippen MR) is 55.2 cm³/mol. The Bertz CT molecular complexity index is 325. The summed E-state index contributed by atoms with van der Waals surface area (Å²) < 4.78 is 0. The van der Waals surface area contributed by atoms with Crippen molar-refractivity contribution >= 4 is 11.5 Å².